The lowest BCUT2D eigenvalue weighted by Gasteiger charge is -2.11. The van der Waals surface area contributed by atoms with E-state index in [4.69, 9.17) is 0 Å². The largest absolute Gasteiger partial charge is 0.464 e. The molecule has 1 aliphatic rings. The summed E-state index contributed by atoms with van der Waals surface area (Å²) in [7, 11) is 1.19. The Morgan fingerprint density at radius 1 is 1.40 bits per heavy atom. The number of alkyl halides is 3. The average Bonchev–Trinajstić information content (AvgIpc) is 3.16. The van der Waals surface area contributed by atoms with Crippen LogP contribution in [-0.2, 0) is 10.9 Å². The zero-order valence-electron chi connectivity index (χ0n) is 10.6. The summed E-state index contributed by atoms with van der Waals surface area (Å²) in [5, 5.41) is 0. The van der Waals surface area contributed by atoms with Crippen molar-refractivity contribution in [2.75, 3.05) is 7.11 Å². The molecule has 2 aromatic rings. The Labute approximate surface area is 112 Å². The number of hydrogen-bond donors (Lipinski definition) is 0. The van der Waals surface area contributed by atoms with Gasteiger partial charge in [-0.25, -0.2) is 9.78 Å². The van der Waals surface area contributed by atoms with Gasteiger partial charge in [0.2, 0.25) is 0 Å². The van der Waals surface area contributed by atoms with E-state index in [1.165, 1.54) is 19.2 Å². The van der Waals surface area contributed by atoms with E-state index in [2.05, 4.69) is 9.72 Å². The molecule has 0 aliphatic heterocycles. The third-order valence-corrected chi connectivity index (χ3v) is 3.31. The van der Waals surface area contributed by atoms with Crippen molar-refractivity contribution in [3.05, 3.63) is 35.3 Å². The van der Waals surface area contributed by atoms with Crippen molar-refractivity contribution in [1.82, 2.24) is 9.38 Å². The van der Waals surface area contributed by atoms with Crippen molar-refractivity contribution in [3.8, 4) is 0 Å². The quantitative estimate of drug-likeness (QED) is 0.796. The smallest absolute Gasteiger partial charge is 0.431 e. The van der Waals surface area contributed by atoms with Gasteiger partial charge in [0.25, 0.3) is 0 Å². The lowest BCUT2D eigenvalue weighted by molar-refractivity contribution is -0.142. The van der Waals surface area contributed by atoms with Crippen LogP contribution < -0.4 is 0 Å². The Hall–Kier alpha value is -2.05. The molecule has 4 nitrogen and oxygen atoms in total. The first-order valence-electron chi connectivity index (χ1n) is 6.10. The summed E-state index contributed by atoms with van der Waals surface area (Å²) in [5.74, 6) is -0.772. The number of pyridine rings is 1. The molecule has 1 fully saturated rings. The van der Waals surface area contributed by atoms with E-state index in [9.17, 15) is 18.0 Å². The first kappa shape index (κ1) is 13.0. The van der Waals surface area contributed by atoms with Gasteiger partial charge in [-0.2, -0.15) is 13.2 Å². The Bertz CT molecular complexity index is 687. The number of esters is 1. The van der Waals surface area contributed by atoms with Gasteiger partial charge in [-0.05, 0) is 25.0 Å². The molecule has 0 saturated heterocycles. The monoisotopic (exact) mass is 284 g/mol. The number of rotatable bonds is 2. The highest BCUT2D eigenvalue weighted by atomic mass is 19.4. The number of imidazole rings is 1. The van der Waals surface area contributed by atoms with Gasteiger partial charge in [-0.15, -0.1) is 0 Å². The first-order chi connectivity index (χ1) is 9.43. The van der Waals surface area contributed by atoms with Gasteiger partial charge in [0, 0.05) is 5.92 Å². The molecule has 1 saturated carbocycles. The highest BCUT2D eigenvalue weighted by Gasteiger charge is 2.39. The van der Waals surface area contributed by atoms with E-state index in [1.807, 2.05) is 0 Å². The van der Waals surface area contributed by atoms with Gasteiger partial charge in [0.05, 0.1) is 12.8 Å². The second kappa shape index (κ2) is 4.22. The minimum Gasteiger partial charge on any atom is -0.464 e. The Morgan fingerprint density at radius 2 is 2.10 bits per heavy atom. The van der Waals surface area contributed by atoms with Crippen LogP contribution in [0.5, 0.6) is 0 Å². The molecule has 0 unspecified atom stereocenters. The molecule has 1 aliphatic carbocycles. The molecule has 0 N–H and O–H groups in total. The van der Waals surface area contributed by atoms with Crippen LogP contribution in [0.1, 0.15) is 40.6 Å². The molecule has 0 spiro atoms. The molecule has 0 aromatic carbocycles. The van der Waals surface area contributed by atoms with Crippen LogP contribution >= 0.6 is 0 Å². The molecule has 106 valence electrons. The van der Waals surface area contributed by atoms with Crippen molar-refractivity contribution in [2.45, 2.75) is 24.9 Å². The predicted molar refractivity (Wildman–Crippen MR) is 63.5 cm³/mol. The normalized spacial score (nSPS) is 15.6. The number of nitrogens with zero attached hydrogens (tertiary/aromatic N) is 2. The molecule has 2 aromatic heterocycles. The van der Waals surface area contributed by atoms with Crippen molar-refractivity contribution in [1.29, 1.82) is 0 Å². The summed E-state index contributed by atoms with van der Waals surface area (Å²) in [6.07, 6.45) is -2.99. The molecule has 3 rings (SSSR count). The second-order valence-corrected chi connectivity index (χ2v) is 4.71. The predicted octanol–water partition coefficient (Wildman–Crippen LogP) is 3.02. The maximum atomic E-state index is 13.1. The number of carbonyl (C=O) groups is 1. The van der Waals surface area contributed by atoms with Crippen molar-refractivity contribution >= 4 is 11.6 Å². The van der Waals surface area contributed by atoms with Gasteiger partial charge >= 0.3 is 12.1 Å². The first-order valence-corrected chi connectivity index (χ1v) is 6.10. The third kappa shape index (κ3) is 1.93. The molecular weight excluding hydrogens is 273 g/mol. The van der Waals surface area contributed by atoms with Crippen LogP contribution in [0.2, 0.25) is 0 Å². The van der Waals surface area contributed by atoms with E-state index in [0.717, 1.165) is 23.3 Å². The Morgan fingerprint density at radius 3 is 2.65 bits per heavy atom. The number of ether oxygens (including phenoxy) is 1. The lowest BCUT2D eigenvalue weighted by Crippen LogP contribution is -2.13. The van der Waals surface area contributed by atoms with E-state index in [-0.39, 0.29) is 17.3 Å². The van der Waals surface area contributed by atoms with E-state index >= 15 is 0 Å². The van der Waals surface area contributed by atoms with Crippen LogP contribution in [-0.4, -0.2) is 22.5 Å². The number of aromatic nitrogens is 2. The Kier molecular flexibility index (Phi) is 2.74. The summed E-state index contributed by atoms with van der Waals surface area (Å²) in [4.78, 5) is 15.7. The second-order valence-electron chi connectivity index (χ2n) is 4.71. The SMILES string of the molecule is COC(=O)c1nc2cccc(C(F)(F)F)n2c1C1CC1. The van der Waals surface area contributed by atoms with Crippen molar-refractivity contribution in [3.63, 3.8) is 0 Å². The number of hydrogen-bond acceptors (Lipinski definition) is 3. The minimum absolute atomic E-state index is 0.0216. The van der Waals surface area contributed by atoms with Crippen LogP contribution in [0.3, 0.4) is 0 Å². The third-order valence-electron chi connectivity index (χ3n) is 3.31. The fraction of sp³-hybridized carbons (Fsp3) is 0.385. The number of fused-ring (bicyclic) bond motifs is 1. The lowest BCUT2D eigenvalue weighted by atomic mass is 10.2. The van der Waals surface area contributed by atoms with Crippen LogP contribution in [0.4, 0.5) is 13.2 Å². The van der Waals surface area contributed by atoms with Gasteiger partial charge in [0.15, 0.2) is 5.69 Å². The molecule has 0 atom stereocenters. The highest BCUT2D eigenvalue weighted by molar-refractivity contribution is 5.90. The van der Waals surface area contributed by atoms with Gasteiger partial charge < -0.3 is 4.74 Å². The van der Waals surface area contributed by atoms with E-state index in [0.29, 0.717) is 5.69 Å². The molecule has 2 heterocycles. The molecule has 20 heavy (non-hydrogen) atoms. The van der Waals surface area contributed by atoms with Crippen molar-refractivity contribution < 1.29 is 22.7 Å². The van der Waals surface area contributed by atoms with E-state index in [1.54, 1.807) is 0 Å². The zero-order chi connectivity index (χ0) is 14.5. The molecule has 0 amide bonds. The fourth-order valence-electron chi connectivity index (χ4n) is 2.32. The average molecular weight is 284 g/mol. The van der Waals surface area contributed by atoms with Gasteiger partial charge in [0.1, 0.15) is 11.3 Å². The maximum absolute atomic E-state index is 13.1. The zero-order valence-corrected chi connectivity index (χ0v) is 10.6. The molecule has 0 radical (unpaired) electrons. The van der Waals surface area contributed by atoms with Gasteiger partial charge in [-0.3, -0.25) is 4.40 Å². The van der Waals surface area contributed by atoms with Crippen molar-refractivity contribution in [2.24, 2.45) is 0 Å². The highest BCUT2D eigenvalue weighted by Crippen LogP contribution is 2.43. The minimum atomic E-state index is -4.50. The molecule has 7 heteroatoms. The van der Waals surface area contributed by atoms with Crippen LogP contribution in [0.15, 0.2) is 18.2 Å². The van der Waals surface area contributed by atoms with Gasteiger partial charge in [-0.1, -0.05) is 6.07 Å². The standard InChI is InChI=1S/C13H11F3N2O2/c1-20-12(19)10-11(7-5-6-7)18-8(13(14,15)16)3-2-4-9(18)17-10/h2-4,7H,5-6H2,1H3. The fourth-order valence-corrected chi connectivity index (χ4v) is 2.32. The number of carbonyl (C=O) groups excluding carboxylic acids is 1. The molecular formula is C13H11F3N2O2. The van der Waals surface area contributed by atoms with Crippen LogP contribution in [0, 0.1) is 0 Å². The number of methoxy groups -OCH3 is 1. The summed E-state index contributed by atoms with van der Waals surface area (Å²) in [6.45, 7) is 0. The summed E-state index contributed by atoms with van der Waals surface area (Å²) in [6, 6.07) is 3.72. The summed E-state index contributed by atoms with van der Waals surface area (Å²) in [5.41, 5.74) is -0.423. The van der Waals surface area contributed by atoms with E-state index < -0.39 is 17.8 Å². The number of halogens is 3. The maximum Gasteiger partial charge on any atom is 0.431 e. The Balaban J connectivity index is 2.34. The van der Waals surface area contributed by atoms with Crippen LogP contribution in [0.25, 0.3) is 5.65 Å². The summed E-state index contributed by atoms with van der Waals surface area (Å²) >= 11 is 0. The molecule has 0 bridgehead atoms. The topological polar surface area (TPSA) is 43.6 Å². The summed E-state index contributed by atoms with van der Waals surface area (Å²) < 4.78 is 45.0.